The van der Waals surface area contributed by atoms with Crippen LogP contribution in [0.2, 0.25) is 0 Å². The minimum absolute atomic E-state index is 0.0379. The molecule has 0 fully saturated rings. The molecule has 0 aliphatic rings. The molecule has 0 rings (SSSR count). The van der Waals surface area contributed by atoms with Crippen LogP contribution >= 0.6 is 0 Å². The third kappa shape index (κ3) is 5.21. The predicted octanol–water partition coefficient (Wildman–Crippen LogP) is -0.337. The maximum atomic E-state index is 8.81. The first-order valence-electron chi connectivity index (χ1n) is 4.75. The first-order valence-corrected chi connectivity index (χ1v) is 4.75. The summed E-state index contributed by atoms with van der Waals surface area (Å²) < 4.78 is 5.06. The monoisotopic (exact) mass is 190 g/mol. The van der Waals surface area contributed by atoms with Gasteiger partial charge in [0.25, 0.3) is 0 Å². The van der Waals surface area contributed by atoms with Crippen molar-refractivity contribution in [1.82, 2.24) is 4.90 Å². The number of likely N-dealkylation sites (N-methyl/N-ethyl adjacent to an activating group) is 1. The SMILES string of the molecule is CCN(CC(N)CO)C(C)COC. The van der Waals surface area contributed by atoms with E-state index in [1.165, 1.54) is 0 Å². The highest BCUT2D eigenvalue weighted by atomic mass is 16.5. The minimum atomic E-state index is -0.153. The molecule has 0 amide bonds. The molecule has 0 spiro atoms. The summed E-state index contributed by atoms with van der Waals surface area (Å²) in [4.78, 5) is 2.20. The molecule has 13 heavy (non-hydrogen) atoms. The van der Waals surface area contributed by atoms with Gasteiger partial charge in [0.05, 0.1) is 13.2 Å². The highest BCUT2D eigenvalue weighted by Gasteiger charge is 2.14. The van der Waals surface area contributed by atoms with E-state index in [0.717, 1.165) is 13.1 Å². The highest BCUT2D eigenvalue weighted by Crippen LogP contribution is 1.99. The fourth-order valence-corrected chi connectivity index (χ4v) is 1.33. The zero-order valence-corrected chi connectivity index (χ0v) is 8.86. The number of nitrogens with zero attached hydrogens (tertiary/aromatic N) is 1. The molecule has 0 aliphatic carbocycles. The molecule has 0 saturated carbocycles. The Morgan fingerprint density at radius 1 is 1.54 bits per heavy atom. The second-order valence-electron chi connectivity index (χ2n) is 3.33. The maximum absolute atomic E-state index is 8.81. The Labute approximate surface area is 80.7 Å². The molecule has 0 bridgehead atoms. The van der Waals surface area contributed by atoms with E-state index < -0.39 is 0 Å². The lowest BCUT2D eigenvalue weighted by molar-refractivity contribution is 0.0924. The van der Waals surface area contributed by atoms with Crippen LogP contribution in [-0.4, -0.2) is 55.5 Å². The Balaban J connectivity index is 3.86. The first kappa shape index (κ1) is 12.8. The van der Waals surface area contributed by atoms with Crippen molar-refractivity contribution >= 4 is 0 Å². The fraction of sp³-hybridized carbons (Fsp3) is 1.00. The molecule has 0 aliphatic heterocycles. The van der Waals surface area contributed by atoms with Crippen LogP contribution in [0, 0.1) is 0 Å². The van der Waals surface area contributed by atoms with Gasteiger partial charge in [0.15, 0.2) is 0 Å². The number of hydrogen-bond donors (Lipinski definition) is 2. The number of aliphatic hydroxyl groups is 1. The molecule has 2 atom stereocenters. The van der Waals surface area contributed by atoms with Gasteiger partial charge in [-0.2, -0.15) is 0 Å². The average Bonchev–Trinajstić information content (AvgIpc) is 2.14. The summed E-state index contributed by atoms with van der Waals surface area (Å²) >= 11 is 0. The van der Waals surface area contributed by atoms with Gasteiger partial charge >= 0.3 is 0 Å². The first-order chi connectivity index (χ1) is 6.15. The highest BCUT2D eigenvalue weighted by molar-refractivity contribution is 4.71. The van der Waals surface area contributed by atoms with Crippen molar-refractivity contribution in [1.29, 1.82) is 0 Å². The lowest BCUT2D eigenvalue weighted by atomic mass is 10.2. The van der Waals surface area contributed by atoms with Crippen molar-refractivity contribution in [2.24, 2.45) is 5.73 Å². The molecule has 0 saturated heterocycles. The van der Waals surface area contributed by atoms with Crippen LogP contribution in [0.15, 0.2) is 0 Å². The van der Waals surface area contributed by atoms with Crippen LogP contribution < -0.4 is 5.73 Å². The van der Waals surface area contributed by atoms with E-state index in [1.807, 2.05) is 0 Å². The summed E-state index contributed by atoms with van der Waals surface area (Å²) in [5.41, 5.74) is 5.65. The standard InChI is InChI=1S/C9H22N2O2/c1-4-11(5-9(10)6-12)8(2)7-13-3/h8-9,12H,4-7,10H2,1-3H3. The molecule has 0 radical (unpaired) electrons. The summed E-state index contributed by atoms with van der Waals surface area (Å²) in [6.45, 7) is 6.56. The molecule has 80 valence electrons. The van der Waals surface area contributed by atoms with Crippen molar-refractivity contribution in [3.8, 4) is 0 Å². The van der Waals surface area contributed by atoms with Crippen LogP contribution in [-0.2, 0) is 4.74 Å². The van der Waals surface area contributed by atoms with Gasteiger partial charge < -0.3 is 15.6 Å². The summed E-state index contributed by atoms with van der Waals surface area (Å²) in [6, 6.07) is 0.201. The Morgan fingerprint density at radius 3 is 2.54 bits per heavy atom. The van der Waals surface area contributed by atoms with Crippen molar-refractivity contribution in [3.05, 3.63) is 0 Å². The number of nitrogens with two attached hydrogens (primary N) is 1. The fourth-order valence-electron chi connectivity index (χ4n) is 1.33. The van der Waals surface area contributed by atoms with Gasteiger partial charge in [0, 0.05) is 25.7 Å². The quantitative estimate of drug-likeness (QED) is 0.577. The number of methoxy groups -OCH3 is 1. The molecule has 0 aromatic carbocycles. The van der Waals surface area contributed by atoms with Gasteiger partial charge in [-0.25, -0.2) is 0 Å². The van der Waals surface area contributed by atoms with Crippen molar-refractivity contribution in [2.45, 2.75) is 25.9 Å². The van der Waals surface area contributed by atoms with E-state index in [-0.39, 0.29) is 12.6 Å². The molecular weight excluding hydrogens is 168 g/mol. The number of hydrogen-bond acceptors (Lipinski definition) is 4. The maximum Gasteiger partial charge on any atom is 0.0615 e. The molecule has 0 aromatic heterocycles. The van der Waals surface area contributed by atoms with Crippen LogP contribution in [0.1, 0.15) is 13.8 Å². The predicted molar refractivity (Wildman–Crippen MR) is 53.6 cm³/mol. The molecule has 2 unspecified atom stereocenters. The van der Waals surface area contributed by atoms with Crippen LogP contribution in [0.25, 0.3) is 0 Å². The summed E-state index contributed by atoms with van der Waals surface area (Å²) in [5, 5.41) is 8.81. The molecule has 0 heterocycles. The van der Waals surface area contributed by atoms with E-state index in [2.05, 4.69) is 18.7 Å². The van der Waals surface area contributed by atoms with Crippen LogP contribution in [0.3, 0.4) is 0 Å². The Kier molecular flexibility index (Phi) is 7.17. The Morgan fingerprint density at radius 2 is 2.15 bits per heavy atom. The van der Waals surface area contributed by atoms with E-state index in [4.69, 9.17) is 15.6 Å². The Hall–Kier alpha value is -0.160. The van der Waals surface area contributed by atoms with Gasteiger partial charge in [-0.15, -0.1) is 0 Å². The largest absolute Gasteiger partial charge is 0.395 e. The molecule has 3 N–H and O–H groups in total. The molecular formula is C9H22N2O2. The summed E-state index contributed by atoms with van der Waals surface area (Å²) in [6.07, 6.45) is 0. The van der Waals surface area contributed by atoms with Crippen LogP contribution in [0.5, 0.6) is 0 Å². The van der Waals surface area contributed by atoms with Crippen molar-refractivity contribution in [3.63, 3.8) is 0 Å². The van der Waals surface area contributed by atoms with Crippen molar-refractivity contribution in [2.75, 3.05) is 33.4 Å². The average molecular weight is 190 g/mol. The zero-order chi connectivity index (χ0) is 10.3. The van der Waals surface area contributed by atoms with Crippen LogP contribution in [0.4, 0.5) is 0 Å². The van der Waals surface area contributed by atoms with E-state index in [9.17, 15) is 0 Å². The molecule has 0 aromatic rings. The summed E-state index contributed by atoms with van der Waals surface area (Å²) in [5.74, 6) is 0. The number of aliphatic hydroxyl groups excluding tert-OH is 1. The smallest absolute Gasteiger partial charge is 0.0615 e. The number of ether oxygens (including phenoxy) is 1. The van der Waals surface area contributed by atoms with Gasteiger partial charge in [-0.05, 0) is 13.5 Å². The second-order valence-corrected chi connectivity index (χ2v) is 3.33. The lowest BCUT2D eigenvalue weighted by Crippen LogP contribution is -2.45. The third-order valence-corrected chi connectivity index (χ3v) is 2.14. The lowest BCUT2D eigenvalue weighted by Gasteiger charge is -2.29. The summed E-state index contributed by atoms with van der Waals surface area (Å²) in [7, 11) is 1.69. The van der Waals surface area contributed by atoms with Gasteiger partial charge in [0.2, 0.25) is 0 Å². The van der Waals surface area contributed by atoms with Gasteiger partial charge in [0.1, 0.15) is 0 Å². The minimum Gasteiger partial charge on any atom is -0.395 e. The normalized spacial score (nSPS) is 16.2. The van der Waals surface area contributed by atoms with E-state index in [0.29, 0.717) is 12.6 Å². The van der Waals surface area contributed by atoms with Gasteiger partial charge in [-0.1, -0.05) is 6.92 Å². The molecule has 4 heteroatoms. The topological polar surface area (TPSA) is 58.7 Å². The van der Waals surface area contributed by atoms with E-state index >= 15 is 0 Å². The third-order valence-electron chi connectivity index (χ3n) is 2.14. The second kappa shape index (κ2) is 7.26. The van der Waals surface area contributed by atoms with Crippen molar-refractivity contribution < 1.29 is 9.84 Å². The number of rotatable bonds is 7. The van der Waals surface area contributed by atoms with Gasteiger partial charge in [-0.3, -0.25) is 4.90 Å². The Bertz CT molecular complexity index is 122. The zero-order valence-electron chi connectivity index (χ0n) is 8.86. The molecule has 4 nitrogen and oxygen atoms in total. The van der Waals surface area contributed by atoms with E-state index in [1.54, 1.807) is 7.11 Å².